The summed E-state index contributed by atoms with van der Waals surface area (Å²) in [6, 6.07) is 2.00. The first-order valence-electron chi connectivity index (χ1n) is 4.66. The van der Waals surface area contributed by atoms with Crippen LogP contribution in [0.25, 0.3) is 0 Å². The highest BCUT2D eigenvalue weighted by atomic mass is 32.2. The zero-order chi connectivity index (χ0) is 10.4. The summed E-state index contributed by atoms with van der Waals surface area (Å²) in [5.74, 6) is 3.00. The van der Waals surface area contributed by atoms with Crippen LogP contribution >= 0.6 is 11.8 Å². The molecule has 14 heavy (non-hydrogen) atoms. The summed E-state index contributed by atoms with van der Waals surface area (Å²) < 4.78 is 5.34. The minimum absolute atomic E-state index is 0.893. The fourth-order valence-corrected chi connectivity index (χ4v) is 2.11. The van der Waals surface area contributed by atoms with E-state index in [2.05, 4.69) is 18.8 Å². The van der Waals surface area contributed by atoms with E-state index in [1.165, 1.54) is 11.1 Å². The fraction of sp³-hybridized carbons (Fsp3) is 0.455. The second-order valence-electron chi connectivity index (χ2n) is 3.30. The molecule has 0 radical (unpaired) electrons. The lowest BCUT2D eigenvalue weighted by molar-refractivity contribution is 0.528. The SMILES string of the molecule is C=C(CNC)CSCc1occc1C. The highest BCUT2D eigenvalue weighted by Crippen LogP contribution is 2.18. The maximum absolute atomic E-state index is 5.34. The lowest BCUT2D eigenvalue weighted by Crippen LogP contribution is -2.10. The Morgan fingerprint density at radius 2 is 2.43 bits per heavy atom. The summed E-state index contributed by atoms with van der Waals surface area (Å²) in [4.78, 5) is 0. The molecule has 0 aliphatic carbocycles. The Labute approximate surface area is 89.8 Å². The van der Waals surface area contributed by atoms with Crippen molar-refractivity contribution in [2.45, 2.75) is 12.7 Å². The Morgan fingerprint density at radius 3 is 3.00 bits per heavy atom. The molecule has 0 bridgehead atoms. The molecule has 3 heteroatoms. The summed E-state index contributed by atoms with van der Waals surface area (Å²) in [5, 5.41) is 3.09. The average molecular weight is 211 g/mol. The Bertz CT molecular complexity index is 293. The van der Waals surface area contributed by atoms with Gasteiger partial charge in [0.25, 0.3) is 0 Å². The third-order valence-electron chi connectivity index (χ3n) is 1.93. The van der Waals surface area contributed by atoms with E-state index >= 15 is 0 Å². The smallest absolute Gasteiger partial charge is 0.116 e. The van der Waals surface area contributed by atoms with Crippen LogP contribution in [0.5, 0.6) is 0 Å². The molecule has 0 spiro atoms. The molecule has 1 aromatic heterocycles. The second-order valence-corrected chi connectivity index (χ2v) is 4.29. The van der Waals surface area contributed by atoms with Crippen LogP contribution in [-0.2, 0) is 5.75 Å². The number of aryl methyl sites for hydroxylation is 1. The zero-order valence-corrected chi connectivity index (χ0v) is 9.62. The predicted molar refractivity (Wildman–Crippen MR) is 62.7 cm³/mol. The summed E-state index contributed by atoms with van der Waals surface area (Å²) in [6.45, 7) is 6.94. The van der Waals surface area contributed by atoms with Crippen molar-refractivity contribution in [1.82, 2.24) is 5.32 Å². The van der Waals surface area contributed by atoms with Gasteiger partial charge in [-0.05, 0) is 25.6 Å². The minimum Gasteiger partial charge on any atom is -0.468 e. The number of rotatable bonds is 6. The van der Waals surface area contributed by atoms with Crippen LogP contribution in [-0.4, -0.2) is 19.3 Å². The van der Waals surface area contributed by atoms with Gasteiger partial charge in [0.15, 0.2) is 0 Å². The molecule has 0 fully saturated rings. The van der Waals surface area contributed by atoms with Crippen molar-refractivity contribution >= 4 is 11.8 Å². The van der Waals surface area contributed by atoms with Crippen molar-refractivity contribution in [3.63, 3.8) is 0 Å². The van der Waals surface area contributed by atoms with Gasteiger partial charge in [-0.2, -0.15) is 0 Å². The van der Waals surface area contributed by atoms with Crippen LogP contribution in [0, 0.1) is 6.92 Å². The highest BCUT2D eigenvalue weighted by molar-refractivity contribution is 7.98. The number of likely N-dealkylation sites (N-methyl/N-ethyl adjacent to an activating group) is 1. The summed E-state index contributed by atoms with van der Waals surface area (Å²) in [7, 11) is 1.94. The van der Waals surface area contributed by atoms with Crippen molar-refractivity contribution in [2.75, 3.05) is 19.3 Å². The van der Waals surface area contributed by atoms with Gasteiger partial charge >= 0.3 is 0 Å². The first-order chi connectivity index (χ1) is 6.74. The van der Waals surface area contributed by atoms with Crippen LogP contribution in [0.2, 0.25) is 0 Å². The van der Waals surface area contributed by atoms with Crippen molar-refractivity contribution in [1.29, 1.82) is 0 Å². The molecule has 0 atom stereocenters. The molecule has 1 heterocycles. The van der Waals surface area contributed by atoms with E-state index in [9.17, 15) is 0 Å². The lowest BCUT2D eigenvalue weighted by Gasteiger charge is -2.03. The largest absolute Gasteiger partial charge is 0.468 e. The quantitative estimate of drug-likeness (QED) is 0.732. The number of thioether (sulfide) groups is 1. The molecule has 2 nitrogen and oxygen atoms in total. The number of hydrogen-bond donors (Lipinski definition) is 1. The summed E-state index contributed by atoms with van der Waals surface area (Å²) >= 11 is 1.84. The molecule has 0 aromatic carbocycles. The van der Waals surface area contributed by atoms with E-state index in [0.717, 1.165) is 23.8 Å². The lowest BCUT2D eigenvalue weighted by atomic mass is 10.3. The highest BCUT2D eigenvalue weighted by Gasteiger charge is 2.01. The monoisotopic (exact) mass is 211 g/mol. The van der Waals surface area contributed by atoms with Gasteiger partial charge in [0.05, 0.1) is 12.0 Å². The maximum atomic E-state index is 5.34. The number of hydrogen-bond acceptors (Lipinski definition) is 3. The van der Waals surface area contributed by atoms with Gasteiger partial charge in [0, 0.05) is 12.3 Å². The first kappa shape index (κ1) is 11.4. The normalized spacial score (nSPS) is 10.4. The minimum atomic E-state index is 0.893. The van der Waals surface area contributed by atoms with E-state index in [1.807, 2.05) is 24.9 Å². The molecule has 0 amide bonds. The fourth-order valence-electron chi connectivity index (χ4n) is 1.14. The second kappa shape index (κ2) is 5.94. The van der Waals surface area contributed by atoms with Crippen molar-refractivity contribution in [3.05, 3.63) is 35.8 Å². The number of nitrogens with one attached hydrogen (secondary N) is 1. The van der Waals surface area contributed by atoms with Gasteiger partial charge in [-0.3, -0.25) is 0 Å². The third-order valence-corrected chi connectivity index (χ3v) is 3.01. The predicted octanol–water partition coefficient (Wildman–Crippen LogP) is 2.60. The Hall–Kier alpha value is -0.670. The Morgan fingerprint density at radius 1 is 1.64 bits per heavy atom. The van der Waals surface area contributed by atoms with Crippen LogP contribution in [0.15, 0.2) is 28.9 Å². The first-order valence-corrected chi connectivity index (χ1v) is 5.81. The molecule has 0 saturated carbocycles. The van der Waals surface area contributed by atoms with E-state index in [4.69, 9.17) is 4.42 Å². The molecular formula is C11H17NOS. The molecule has 1 N–H and O–H groups in total. The molecule has 1 aromatic rings. The van der Waals surface area contributed by atoms with Crippen LogP contribution in [0.1, 0.15) is 11.3 Å². The van der Waals surface area contributed by atoms with E-state index in [1.54, 1.807) is 6.26 Å². The van der Waals surface area contributed by atoms with Crippen molar-refractivity contribution < 1.29 is 4.42 Å². The maximum Gasteiger partial charge on any atom is 0.116 e. The molecule has 0 aliphatic heterocycles. The molecular weight excluding hydrogens is 194 g/mol. The zero-order valence-electron chi connectivity index (χ0n) is 8.80. The Kier molecular flexibility index (Phi) is 4.84. The average Bonchev–Trinajstić information content (AvgIpc) is 2.52. The van der Waals surface area contributed by atoms with Gasteiger partial charge in [-0.15, -0.1) is 11.8 Å². The van der Waals surface area contributed by atoms with E-state index in [-0.39, 0.29) is 0 Å². The number of furan rings is 1. The van der Waals surface area contributed by atoms with Crippen LogP contribution in [0.3, 0.4) is 0 Å². The third kappa shape index (κ3) is 3.60. The topological polar surface area (TPSA) is 25.2 Å². The molecule has 0 saturated heterocycles. The van der Waals surface area contributed by atoms with Gasteiger partial charge in [0.2, 0.25) is 0 Å². The van der Waals surface area contributed by atoms with E-state index < -0.39 is 0 Å². The van der Waals surface area contributed by atoms with Crippen molar-refractivity contribution in [3.8, 4) is 0 Å². The molecule has 1 rings (SSSR count). The summed E-state index contributed by atoms with van der Waals surface area (Å²) in [5.41, 5.74) is 2.46. The standard InChI is InChI=1S/C11H17NOS/c1-9(6-12-3)7-14-8-11-10(2)4-5-13-11/h4-5,12H,1,6-8H2,2-3H3. The van der Waals surface area contributed by atoms with Crippen molar-refractivity contribution in [2.24, 2.45) is 0 Å². The Balaban J connectivity index is 2.22. The molecule has 0 aliphatic rings. The van der Waals surface area contributed by atoms with Gasteiger partial charge in [-0.1, -0.05) is 12.2 Å². The molecule has 0 unspecified atom stereocenters. The van der Waals surface area contributed by atoms with Crippen LogP contribution in [0.4, 0.5) is 0 Å². The van der Waals surface area contributed by atoms with Gasteiger partial charge < -0.3 is 9.73 Å². The van der Waals surface area contributed by atoms with Crippen LogP contribution < -0.4 is 5.32 Å². The van der Waals surface area contributed by atoms with Gasteiger partial charge in [-0.25, -0.2) is 0 Å². The summed E-state index contributed by atoms with van der Waals surface area (Å²) in [6.07, 6.45) is 1.74. The van der Waals surface area contributed by atoms with Gasteiger partial charge in [0.1, 0.15) is 5.76 Å². The molecule has 78 valence electrons. The van der Waals surface area contributed by atoms with E-state index in [0.29, 0.717) is 0 Å².